The molecule has 0 aliphatic rings. The Hall–Kier alpha value is -0.0400. The fourth-order valence-electron chi connectivity index (χ4n) is 1.03. The molecule has 0 saturated carbocycles. The lowest BCUT2D eigenvalue weighted by Crippen LogP contribution is -2.29. The molecule has 0 atom stereocenters. The maximum absolute atomic E-state index is 5.05. The molecule has 0 saturated heterocycles. The van der Waals surface area contributed by atoms with Crippen molar-refractivity contribution in [3.8, 4) is 0 Å². The van der Waals surface area contributed by atoms with Gasteiger partial charge in [0, 0.05) is 13.7 Å². The Labute approximate surface area is 77.5 Å². The third-order valence-electron chi connectivity index (χ3n) is 3.18. The first kappa shape index (κ1) is 12.0. The molecule has 0 unspecified atom stereocenters. The molecule has 0 fully saturated rings. The van der Waals surface area contributed by atoms with Gasteiger partial charge in [-0.25, -0.2) is 0 Å². The molecule has 0 spiro atoms. The van der Waals surface area contributed by atoms with E-state index in [-0.39, 0.29) is 0 Å². The van der Waals surface area contributed by atoms with Crippen LogP contribution in [0.4, 0.5) is 0 Å². The zero-order valence-electron chi connectivity index (χ0n) is 9.53. The summed E-state index contributed by atoms with van der Waals surface area (Å²) in [6.45, 7) is 12.5. The largest absolute Gasteiger partial charge is 0.385 e. The lowest BCUT2D eigenvalue weighted by molar-refractivity contribution is 0.0982. The van der Waals surface area contributed by atoms with E-state index in [1.807, 2.05) is 0 Å². The van der Waals surface area contributed by atoms with Crippen LogP contribution < -0.4 is 0 Å². The van der Waals surface area contributed by atoms with Crippen LogP contribution in [0.2, 0.25) is 0 Å². The van der Waals surface area contributed by atoms with Gasteiger partial charge in [-0.05, 0) is 23.7 Å². The van der Waals surface area contributed by atoms with Crippen molar-refractivity contribution in [2.24, 2.45) is 10.8 Å². The molecule has 0 aliphatic carbocycles. The highest BCUT2D eigenvalue weighted by atomic mass is 16.5. The van der Waals surface area contributed by atoms with Gasteiger partial charge in [0.1, 0.15) is 0 Å². The molecular formula is C11H24O. The van der Waals surface area contributed by atoms with Crippen LogP contribution in [0.3, 0.4) is 0 Å². The van der Waals surface area contributed by atoms with E-state index in [4.69, 9.17) is 4.74 Å². The van der Waals surface area contributed by atoms with Crippen molar-refractivity contribution in [1.82, 2.24) is 0 Å². The fraction of sp³-hybridized carbons (Fsp3) is 1.00. The Morgan fingerprint density at radius 2 is 1.50 bits per heavy atom. The lowest BCUT2D eigenvalue weighted by Gasteiger charge is -2.39. The van der Waals surface area contributed by atoms with Crippen molar-refractivity contribution in [3.05, 3.63) is 0 Å². The second-order valence-corrected chi connectivity index (χ2v) is 5.23. The van der Waals surface area contributed by atoms with Crippen LogP contribution in [0.15, 0.2) is 0 Å². The third kappa shape index (κ3) is 3.57. The first-order valence-electron chi connectivity index (χ1n) is 4.80. The number of rotatable bonds is 4. The molecule has 74 valence electrons. The van der Waals surface area contributed by atoms with E-state index in [2.05, 4.69) is 34.6 Å². The highest BCUT2D eigenvalue weighted by Gasteiger charge is 2.31. The van der Waals surface area contributed by atoms with Gasteiger partial charge in [0.25, 0.3) is 0 Å². The number of hydrogen-bond donors (Lipinski definition) is 0. The van der Waals surface area contributed by atoms with Gasteiger partial charge in [-0.15, -0.1) is 0 Å². The molecule has 0 bridgehead atoms. The third-order valence-corrected chi connectivity index (χ3v) is 3.18. The fourth-order valence-corrected chi connectivity index (χ4v) is 1.03. The second kappa shape index (κ2) is 4.27. The maximum atomic E-state index is 5.05. The Balaban J connectivity index is 3.88. The summed E-state index contributed by atoms with van der Waals surface area (Å²) < 4.78 is 5.05. The van der Waals surface area contributed by atoms with E-state index in [0.29, 0.717) is 10.8 Å². The van der Waals surface area contributed by atoms with Crippen LogP contribution in [-0.4, -0.2) is 13.7 Å². The van der Waals surface area contributed by atoms with Crippen molar-refractivity contribution >= 4 is 0 Å². The van der Waals surface area contributed by atoms with Crippen molar-refractivity contribution in [2.45, 2.75) is 47.5 Å². The minimum Gasteiger partial charge on any atom is -0.385 e. The quantitative estimate of drug-likeness (QED) is 0.590. The van der Waals surface area contributed by atoms with Crippen LogP contribution in [0, 0.1) is 10.8 Å². The van der Waals surface area contributed by atoms with E-state index in [9.17, 15) is 0 Å². The molecule has 0 rings (SSSR count). The zero-order valence-corrected chi connectivity index (χ0v) is 9.53. The molecule has 1 nitrogen and oxygen atoms in total. The Morgan fingerprint density at radius 3 is 1.83 bits per heavy atom. The van der Waals surface area contributed by atoms with Gasteiger partial charge in [0.05, 0.1) is 0 Å². The van der Waals surface area contributed by atoms with Crippen LogP contribution >= 0.6 is 0 Å². The SMILES string of the molecule is COCCCC(C)(C)C(C)(C)C. The molecule has 0 heterocycles. The predicted molar refractivity (Wildman–Crippen MR) is 54.3 cm³/mol. The maximum Gasteiger partial charge on any atom is 0.0462 e. The van der Waals surface area contributed by atoms with Gasteiger partial charge in [0.15, 0.2) is 0 Å². The topological polar surface area (TPSA) is 9.23 Å². The molecule has 0 aromatic heterocycles. The summed E-state index contributed by atoms with van der Waals surface area (Å²) in [5, 5.41) is 0. The van der Waals surface area contributed by atoms with Crippen LogP contribution in [-0.2, 0) is 4.74 Å². The van der Waals surface area contributed by atoms with Gasteiger partial charge < -0.3 is 4.74 Å². The highest BCUT2D eigenvalue weighted by Crippen LogP contribution is 2.41. The summed E-state index contributed by atoms with van der Waals surface area (Å²) in [6, 6.07) is 0. The first-order valence-corrected chi connectivity index (χ1v) is 4.80. The van der Waals surface area contributed by atoms with Crippen LogP contribution in [0.5, 0.6) is 0 Å². The van der Waals surface area contributed by atoms with E-state index in [0.717, 1.165) is 6.61 Å². The minimum atomic E-state index is 0.390. The Kier molecular flexibility index (Phi) is 4.25. The second-order valence-electron chi connectivity index (χ2n) is 5.23. The predicted octanol–water partition coefficient (Wildman–Crippen LogP) is 3.49. The summed E-state index contributed by atoms with van der Waals surface area (Å²) in [4.78, 5) is 0. The highest BCUT2D eigenvalue weighted by molar-refractivity contribution is 4.81. The molecule has 0 aliphatic heterocycles. The summed E-state index contributed by atoms with van der Waals surface area (Å²) >= 11 is 0. The van der Waals surface area contributed by atoms with Crippen molar-refractivity contribution in [2.75, 3.05) is 13.7 Å². The van der Waals surface area contributed by atoms with Crippen molar-refractivity contribution in [1.29, 1.82) is 0 Å². The number of hydrogen-bond acceptors (Lipinski definition) is 1. The molecular weight excluding hydrogens is 148 g/mol. The standard InChI is InChI=1S/C11H24O/c1-10(2,3)11(4,5)8-7-9-12-6/h7-9H2,1-6H3. The van der Waals surface area contributed by atoms with Gasteiger partial charge in [-0.2, -0.15) is 0 Å². The van der Waals surface area contributed by atoms with E-state index in [1.54, 1.807) is 7.11 Å². The molecule has 0 amide bonds. The van der Waals surface area contributed by atoms with Crippen LogP contribution in [0.25, 0.3) is 0 Å². The molecule has 0 radical (unpaired) electrons. The smallest absolute Gasteiger partial charge is 0.0462 e. The lowest BCUT2D eigenvalue weighted by atomic mass is 9.67. The summed E-state index contributed by atoms with van der Waals surface area (Å²) in [5.41, 5.74) is 0.798. The summed E-state index contributed by atoms with van der Waals surface area (Å²) in [6.07, 6.45) is 2.41. The van der Waals surface area contributed by atoms with Gasteiger partial charge in [-0.3, -0.25) is 0 Å². The monoisotopic (exact) mass is 172 g/mol. The average molecular weight is 172 g/mol. The minimum absolute atomic E-state index is 0.390. The number of ether oxygens (including phenoxy) is 1. The summed E-state index contributed by atoms with van der Waals surface area (Å²) in [7, 11) is 1.77. The Bertz CT molecular complexity index is 119. The Morgan fingerprint density at radius 1 is 1.00 bits per heavy atom. The van der Waals surface area contributed by atoms with Gasteiger partial charge in [0.2, 0.25) is 0 Å². The van der Waals surface area contributed by atoms with Gasteiger partial charge in [-0.1, -0.05) is 34.6 Å². The van der Waals surface area contributed by atoms with E-state index >= 15 is 0 Å². The zero-order chi connectivity index (χ0) is 9.83. The van der Waals surface area contributed by atoms with Crippen LogP contribution in [0.1, 0.15) is 47.5 Å². The molecule has 0 N–H and O–H groups in total. The van der Waals surface area contributed by atoms with E-state index in [1.165, 1.54) is 12.8 Å². The number of methoxy groups -OCH3 is 1. The molecule has 0 aromatic rings. The van der Waals surface area contributed by atoms with Crippen molar-refractivity contribution < 1.29 is 4.74 Å². The molecule has 0 aromatic carbocycles. The normalized spacial score (nSPS) is 13.5. The molecule has 12 heavy (non-hydrogen) atoms. The molecule has 1 heteroatoms. The first-order chi connectivity index (χ1) is 5.31. The summed E-state index contributed by atoms with van der Waals surface area (Å²) in [5.74, 6) is 0. The van der Waals surface area contributed by atoms with E-state index < -0.39 is 0 Å². The van der Waals surface area contributed by atoms with Gasteiger partial charge >= 0.3 is 0 Å². The van der Waals surface area contributed by atoms with Crippen molar-refractivity contribution in [3.63, 3.8) is 0 Å². The average Bonchev–Trinajstić information content (AvgIpc) is 1.85.